The quantitative estimate of drug-likeness (QED) is 0.714. The van der Waals surface area contributed by atoms with Crippen LogP contribution in [0, 0.1) is 5.41 Å². The molecule has 1 unspecified atom stereocenters. The van der Waals surface area contributed by atoms with Crippen molar-refractivity contribution in [1.29, 1.82) is 0 Å². The van der Waals surface area contributed by atoms with Crippen LogP contribution in [0.3, 0.4) is 0 Å². The first-order chi connectivity index (χ1) is 12.4. The fourth-order valence-electron chi connectivity index (χ4n) is 3.42. The molecule has 1 aromatic carbocycles. The minimum Gasteiger partial charge on any atom is -0.492 e. The molecule has 2 fully saturated rings. The fourth-order valence-corrected chi connectivity index (χ4v) is 4.83. The van der Waals surface area contributed by atoms with Crippen molar-refractivity contribution in [1.82, 2.24) is 9.21 Å². The van der Waals surface area contributed by atoms with E-state index >= 15 is 0 Å². The van der Waals surface area contributed by atoms with Gasteiger partial charge in [0.05, 0.1) is 18.1 Å². The van der Waals surface area contributed by atoms with E-state index in [2.05, 4.69) is 11.8 Å². The molecular weight excluding hydrogens is 390 g/mol. The van der Waals surface area contributed by atoms with Crippen molar-refractivity contribution in [3.8, 4) is 5.75 Å². The van der Waals surface area contributed by atoms with Gasteiger partial charge in [0.1, 0.15) is 12.4 Å². The van der Waals surface area contributed by atoms with Gasteiger partial charge in [-0.2, -0.15) is 4.31 Å². The van der Waals surface area contributed by atoms with Crippen molar-refractivity contribution in [2.24, 2.45) is 11.1 Å². The molecule has 0 aromatic heterocycles. The Bertz CT molecular complexity index is 695. The Kier molecular flexibility index (Phi) is 7.91. The Morgan fingerprint density at radius 1 is 1.19 bits per heavy atom. The van der Waals surface area contributed by atoms with Crippen molar-refractivity contribution in [3.05, 3.63) is 24.3 Å². The third-order valence-electron chi connectivity index (χ3n) is 5.24. The summed E-state index contributed by atoms with van der Waals surface area (Å²) >= 11 is 0. The van der Waals surface area contributed by atoms with E-state index in [4.69, 9.17) is 15.2 Å². The minimum atomic E-state index is -3.45. The molecule has 7 nitrogen and oxygen atoms in total. The second kappa shape index (κ2) is 9.54. The first-order valence-corrected chi connectivity index (χ1v) is 10.6. The van der Waals surface area contributed by atoms with Gasteiger partial charge >= 0.3 is 0 Å². The monoisotopic (exact) mass is 419 g/mol. The molecule has 2 aliphatic rings. The molecule has 1 aromatic rings. The smallest absolute Gasteiger partial charge is 0.243 e. The summed E-state index contributed by atoms with van der Waals surface area (Å²) in [6, 6.07) is 6.67. The van der Waals surface area contributed by atoms with E-state index in [1.165, 1.54) is 4.31 Å². The van der Waals surface area contributed by atoms with E-state index in [0.717, 1.165) is 26.1 Å². The number of benzene rings is 1. The molecule has 0 aliphatic carbocycles. The number of rotatable bonds is 7. The van der Waals surface area contributed by atoms with Gasteiger partial charge in [-0.15, -0.1) is 12.4 Å². The lowest BCUT2D eigenvalue weighted by atomic mass is 9.90. The Morgan fingerprint density at radius 2 is 1.85 bits per heavy atom. The zero-order valence-corrected chi connectivity index (χ0v) is 17.4. The SMILES string of the molecule is CC1(CN)CCN(CCOc2ccc(S(=O)(=O)N3CCOCC3)cc2)C1.Cl. The molecule has 1 atom stereocenters. The summed E-state index contributed by atoms with van der Waals surface area (Å²) in [7, 11) is -3.45. The van der Waals surface area contributed by atoms with Crippen LogP contribution < -0.4 is 10.5 Å². The highest BCUT2D eigenvalue weighted by molar-refractivity contribution is 7.89. The summed E-state index contributed by atoms with van der Waals surface area (Å²) in [6.07, 6.45) is 1.12. The molecule has 2 saturated heterocycles. The number of hydrogen-bond donors (Lipinski definition) is 1. The highest BCUT2D eigenvalue weighted by Crippen LogP contribution is 2.28. The fraction of sp³-hybridized carbons (Fsp3) is 0.667. The number of nitrogens with two attached hydrogens (primary N) is 1. The summed E-state index contributed by atoms with van der Waals surface area (Å²) in [5.41, 5.74) is 6.05. The minimum absolute atomic E-state index is 0. The zero-order valence-electron chi connectivity index (χ0n) is 15.8. The highest BCUT2D eigenvalue weighted by atomic mass is 35.5. The molecular formula is C18H30ClN3O4S. The lowest BCUT2D eigenvalue weighted by Gasteiger charge is -2.26. The number of ether oxygens (including phenoxy) is 2. The van der Waals surface area contributed by atoms with E-state index in [0.29, 0.717) is 50.1 Å². The molecule has 2 N–H and O–H groups in total. The first kappa shape index (κ1) is 22.4. The highest BCUT2D eigenvalue weighted by Gasteiger charge is 2.32. The van der Waals surface area contributed by atoms with E-state index in [-0.39, 0.29) is 17.8 Å². The molecule has 0 amide bonds. The van der Waals surface area contributed by atoms with Crippen LogP contribution >= 0.6 is 12.4 Å². The topological polar surface area (TPSA) is 85.1 Å². The van der Waals surface area contributed by atoms with Gasteiger partial charge in [0, 0.05) is 26.2 Å². The summed E-state index contributed by atoms with van der Waals surface area (Å²) in [4.78, 5) is 2.66. The van der Waals surface area contributed by atoms with Gasteiger partial charge in [0.2, 0.25) is 10.0 Å². The van der Waals surface area contributed by atoms with Crippen molar-refractivity contribution in [2.75, 3.05) is 59.1 Å². The number of halogens is 1. The molecule has 9 heteroatoms. The molecule has 0 radical (unpaired) electrons. The van der Waals surface area contributed by atoms with Crippen molar-refractivity contribution in [3.63, 3.8) is 0 Å². The van der Waals surface area contributed by atoms with Crippen LogP contribution in [0.5, 0.6) is 5.75 Å². The average Bonchev–Trinajstić information content (AvgIpc) is 3.05. The van der Waals surface area contributed by atoms with Crippen molar-refractivity contribution >= 4 is 22.4 Å². The molecule has 2 heterocycles. The standard InChI is InChI=1S/C18H29N3O4S.ClH/c1-18(14-19)6-7-20(15-18)8-13-25-16-2-4-17(5-3-16)26(22,23)21-9-11-24-12-10-21;/h2-5H,6-15,19H2,1H3;1H. The lowest BCUT2D eigenvalue weighted by Crippen LogP contribution is -2.40. The maximum absolute atomic E-state index is 12.6. The molecule has 0 spiro atoms. The van der Waals surface area contributed by atoms with Gasteiger partial charge in [-0.25, -0.2) is 8.42 Å². The second-order valence-electron chi connectivity index (χ2n) is 7.38. The predicted molar refractivity (Wildman–Crippen MR) is 107 cm³/mol. The largest absolute Gasteiger partial charge is 0.492 e. The van der Waals surface area contributed by atoms with Gasteiger partial charge in [-0.3, -0.25) is 4.90 Å². The maximum Gasteiger partial charge on any atom is 0.243 e. The van der Waals surface area contributed by atoms with Gasteiger partial charge < -0.3 is 15.2 Å². The molecule has 0 bridgehead atoms. The average molecular weight is 420 g/mol. The van der Waals surface area contributed by atoms with Crippen molar-refractivity contribution in [2.45, 2.75) is 18.2 Å². The zero-order chi connectivity index (χ0) is 18.6. The van der Waals surface area contributed by atoms with Crippen LogP contribution in [0.1, 0.15) is 13.3 Å². The van der Waals surface area contributed by atoms with Gasteiger partial charge in [-0.05, 0) is 49.2 Å². The van der Waals surface area contributed by atoms with Crippen LogP contribution in [0.2, 0.25) is 0 Å². The molecule has 2 aliphatic heterocycles. The normalized spacial score (nSPS) is 24.5. The Hall–Kier alpha value is -0.900. The Morgan fingerprint density at radius 3 is 2.44 bits per heavy atom. The predicted octanol–water partition coefficient (Wildman–Crippen LogP) is 1.18. The van der Waals surface area contributed by atoms with Crippen LogP contribution in [0.4, 0.5) is 0 Å². The van der Waals surface area contributed by atoms with E-state index in [9.17, 15) is 8.42 Å². The number of hydrogen-bond acceptors (Lipinski definition) is 6. The Balaban J connectivity index is 0.00000261. The third kappa shape index (κ3) is 5.56. The van der Waals surface area contributed by atoms with Gasteiger partial charge in [0.15, 0.2) is 0 Å². The Labute approximate surface area is 168 Å². The second-order valence-corrected chi connectivity index (χ2v) is 9.32. The van der Waals surface area contributed by atoms with E-state index in [1.807, 2.05) is 0 Å². The maximum atomic E-state index is 12.6. The van der Waals surface area contributed by atoms with Gasteiger partial charge in [0.25, 0.3) is 0 Å². The van der Waals surface area contributed by atoms with Crippen LogP contribution in [0.25, 0.3) is 0 Å². The molecule has 27 heavy (non-hydrogen) atoms. The molecule has 154 valence electrons. The van der Waals surface area contributed by atoms with Gasteiger partial charge in [-0.1, -0.05) is 6.92 Å². The summed E-state index contributed by atoms with van der Waals surface area (Å²) in [6.45, 7) is 8.11. The van der Waals surface area contributed by atoms with E-state index < -0.39 is 10.0 Å². The van der Waals surface area contributed by atoms with Crippen molar-refractivity contribution < 1.29 is 17.9 Å². The number of nitrogens with zero attached hydrogens (tertiary/aromatic N) is 2. The summed E-state index contributed by atoms with van der Waals surface area (Å²) in [5, 5.41) is 0. The first-order valence-electron chi connectivity index (χ1n) is 9.16. The van der Waals surface area contributed by atoms with Crippen LogP contribution in [-0.4, -0.2) is 76.7 Å². The summed E-state index contributed by atoms with van der Waals surface area (Å²) in [5.74, 6) is 0.687. The number of morpholine rings is 1. The lowest BCUT2D eigenvalue weighted by molar-refractivity contribution is 0.0730. The van der Waals surface area contributed by atoms with Crippen LogP contribution in [0.15, 0.2) is 29.2 Å². The number of sulfonamides is 1. The van der Waals surface area contributed by atoms with E-state index in [1.54, 1.807) is 24.3 Å². The van der Waals surface area contributed by atoms with Crippen LogP contribution in [-0.2, 0) is 14.8 Å². The third-order valence-corrected chi connectivity index (χ3v) is 7.15. The number of likely N-dealkylation sites (tertiary alicyclic amines) is 1. The molecule has 0 saturated carbocycles. The summed E-state index contributed by atoms with van der Waals surface area (Å²) < 4.78 is 37.6. The molecule has 3 rings (SSSR count).